The number of hydrogen-bond acceptors (Lipinski definition) is 5. The summed E-state index contributed by atoms with van der Waals surface area (Å²) in [6.45, 7) is 12.5. The van der Waals surface area contributed by atoms with Crippen molar-refractivity contribution >= 4 is 41.2 Å². The Morgan fingerprint density at radius 2 is 2.03 bits per heavy atom. The van der Waals surface area contributed by atoms with Gasteiger partial charge in [-0.2, -0.15) is 0 Å². The van der Waals surface area contributed by atoms with Crippen LogP contribution in [-0.4, -0.2) is 84.6 Å². The lowest BCUT2D eigenvalue weighted by Gasteiger charge is -2.42. The number of halogens is 2. The van der Waals surface area contributed by atoms with E-state index in [-0.39, 0.29) is 31.3 Å². The number of urea groups is 2. The van der Waals surface area contributed by atoms with Crippen LogP contribution in [0.3, 0.4) is 0 Å². The van der Waals surface area contributed by atoms with Crippen molar-refractivity contribution in [2.24, 2.45) is 0 Å². The van der Waals surface area contributed by atoms with Gasteiger partial charge >= 0.3 is 18.0 Å². The molecule has 0 spiro atoms. The van der Waals surface area contributed by atoms with Crippen molar-refractivity contribution in [3.05, 3.63) is 57.7 Å². The molecule has 0 unspecified atom stereocenters. The first-order valence-electron chi connectivity index (χ1n) is 12.5. The Morgan fingerprint density at radius 1 is 1.27 bits per heavy atom. The van der Waals surface area contributed by atoms with Crippen LogP contribution < -0.4 is 10.6 Å². The van der Waals surface area contributed by atoms with Crippen LogP contribution in [0.2, 0.25) is 10.0 Å². The molecular weight excluding hydrogens is 517 g/mol. The van der Waals surface area contributed by atoms with Gasteiger partial charge in [-0.05, 0) is 38.0 Å². The van der Waals surface area contributed by atoms with Crippen molar-refractivity contribution in [1.29, 1.82) is 0 Å². The van der Waals surface area contributed by atoms with Gasteiger partial charge in [-0.25, -0.2) is 14.4 Å². The Hall–Kier alpha value is -2.75. The van der Waals surface area contributed by atoms with Gasteiger partial charge in [0.2, 0.25) is 0 Å². The van der Waals surface area contributed by atoms with Crippen LogP contribution in [-0.2, 0) is 9.53 Å². The normalized spacial score (nSPS) is 20.5. The highest BCUT2D eigenvalue weighted by Crippen LogP contribution is 2.36. The quantitative estimate of drug-likeness (QED) is 0.354. The summed E-state index contributed by atoms with van der Waals surface area (Å²) in [6.07, 6.45) is 2.47. The smallest absolute Gasteiger partial charge is 0.338 e. The van der Waals surface area contributed by atoms with Crippen molar-refractivity contribution in [2.75, 3.05) is 45.9 Å². The molecule has 2 aliphatic heterocycles. The van der Waals surface area contributed by atoms with Gasteiger partial charge in [0.25, 0.3) is 0 Å². The minimum absolute atomic E-state index is 0.0518. The third-order valence-electron chi connectivity index (χ3n) is 6.39. The predicted octanol–water partition coefficient (Wildman–Crippen LogP) is 4.19. The first kappa shape index (κ1) is 28.8. The SMILES string of the molecule is C=CCN1C(=O)N[C@H](c2ccc(Cl)cc2Cl)C(C(=O)OCC)=C1CN1CCN(C(=O)NCCC)[C@H](C)C1. The molecule has 0 aliphatic carbocycles. The zero-order chi connectivity index (χ0) is 27.1. The maximum Gasteiger partial charge on any atom is 0.338 e. The molecule has 0 bridgehead atoms. The van der Waals surface area contributed by atoms with Crippen molar-refractivity contribution < 1.29 is 19.1 Å². The van der Waals surface area contributed by atoms with E-state index in [9.17, 15) is 14.4 Å². The third kappa shape index (κ3) is 6.77. The van der Waals surface area contributed by atoms with E-state index in [1.165, 1.54) is 4.90 Å². The van der Waals surface area contributed by atoms with Gasteiger partial charge in [-0.3, -0.25) is 9.80 Å². The molecule has 0 saturated carbocycles. The Labute approximate surface area is 228 Å². The van der Waals surface area contributed by atoms with Crippen molar-refractivity contribution in [3.63, 3.8) is 0 Å². The Kier molecular flexibility index (Phi) is 10.3. The van der Waals surface area contributed by atoms with Crippen LogP contribution in [0.25, 0.3) is 0 Å². The summed E-state index contributed by atoms with van der Waals surface area (Å²) in [5, 5.41) is 6.61. The Bertz CT molecular complexity index is 1060. The topological polar surface area (TPSA) is 94.2 Å². The van der Waals surface area contributed by atoms with Gasteiger partial charge < -0.3 is 20.3 Å². The van der Waals surface area contributed by atoms with E-state index < -0.39 is 12.0 Å². The Morgan fingerprint density at radius 3 is 2.65 bits per heavy atom. The number of amides is 4. The molecule has 3 rings (SSSR count). The molecule has 202 valence electrons. The van der Waals surface area contributed by atoms with Crippen LogP contribution in [0.1, 0.15) is 38.8 Å². The van der Waals surface area contributed by atoms with Gasteiger partial charge in [-0.1, -0.05) is 42.3 Å². The van der Waals surface area contributed by atoms with E-state index in [1.54, 1.807) is 31.2 Å². The minimum Gasteiger partial charge on any atom is -0.463 e. The average Bonchev–Trinajstić information content (AvgIpc) is 2.84. The first-order valence-corrected chi connectivity index (χ1v) is 13.3. The molecule has 1 aromatic carbocycles. The summed E-state index contributed by atoms with van der Waals surface area (Å²) in [7, 11) is 0. The number of ether oxygens (including phenoxy) is 1. The van der Waals surface area contributed by atoms with E-state index in [0.29, 0.717) is 59.6 Å². The van der Waals surface area contributed by atoms with Gasteiger partial charge in [0.15, 0.2) is 0 Å². The molecule has 37 heavy (non-hydrogen) atoms. The number of rotatable bonds is 9. The van der Waals surface area contributed by atoms with Crippen LogP contribution in [0, 0.1) is 0 Å². The number of benzene rings is 1. The number of hydrogen-bond donors (Lipinski definition) is 2. The molecule has 9 nitrogen and oxygen atoms in total. The highest BCUT2D eigenvalue weighted by Gasteiger charge is 2.40. The lowest BCUT2D eigenvalue weighted by atomic mass is 9.93. The molecule has 0 aromatic heterocycles. The molecule has 1 fully saturated rings. The van der Waals surface area contributed by atoms with E-state index in [1.807, 2.05) is 18.7 Å². The highest BCUT2D eigenvalue weighted by molar-refractivity contribution is 6.35. The number of piperazine rings is 1. The summed E-state index contributed by atoms with van der Waals surface area (Å²) in [5.74, 6) is -0.534. The van der Waals surface area contributed by atoms with Crippen LogP contribution in [0.4, 0.5) is 9.59 Å². The van der Waals surface area contributed by atoms with E-state index in [2.05, 4.69) is 22.1 Å². The van der Waals surface area contributed by atoms with E-state index in [0.717, 1.165) is 6.42 Å². The molecule has 11 heteroatoms. The molecule has 2 heterocycles. The van der Waals surface area contributed by atoms with Crippen LogP contribution in [0.15, 0.2) is 42.1 Å². The number of nitrogens with one attached hydrogen (secondary N) is 2. The summed E-state index contributed by atoms with van der Waals surface area (Å²) in [6, 6.07) is 3.62. The van der Waals surface area contributed by atoms with E-state index >= 15 is 0 Å². The second kappa shape index (κ2) is 13.2. The van der Waals surface area contributed by atoms with Gasteiger partial charge in [0.05, 0.1) is 18.2 Å². The Balaban J connectivity index is 1.99. The molecule has 0 radical (unpaired) electrons. The second-order valence-corrected chi connectivity index (χ2v) is 9.88. The fourth-order valence-corrected chi connectivity index (χ4v) is 5.16. The second-order valence-electron chi connectivity index (χ2n) is 9.04. The average molecular weight is 553 g/mol. The summed E-state index contributed by atoms with van der Waals surface area (Å²) in [4.78, 5) is 44.6. The van der Waals surface area contributed by atoms with Crippen molar-refractivity contribution in [1.82, 2.24) is 25.3 Å². The number of esters is 1. The fourth-order valence-electron chi connectivity index (χ4n) is 4.64. The summed E-state index contributed by atoms with van der Waals surface area (Å²) >= 11 is 12.6. The maximum atomic E-state index is 13.3. The molecule has 4 amide bonds. The zero-order valence-electron chi connectivity index (χ0n) is 21.6. The summed E-state index contributed by atoms with van der Waals surface area (Å²) < 4.78 is 5.44. The van der Waals surface area contributed by atoms with Crippen molar-refractivity contribution in [2.45, 2.75) is 39.3 Å². The zero-order valence-corrected chi connectivity index (χ0v) is 23.1. The maximum absolute atomic E-state index is 13.3. The first-order chi connectivity index (χ1) is 17.7. The van der Waals surface area contributed by atoms with E-state index in [4.69, 9.17) is 27.9 Å². The van der Waals surface area contributed by atoms with Crippen molar-refractivity contribution in [3.8, 4) is 0 Å². The molecule has 2 aliphatic rings. The molecular formula is C26H35Cl2N5O4. The van der Waals surface area contributed by atoms with Gasteiger partial charge in [-0.15, -0.1) is 6.58 Å². The number of carbonyl (C=O) groups is 3. The summed E-state index contributed by atoms with van der Waals surface area (Å²) in [5.41, 5.74) is 1.38. The third-order valence-corrected chi connectivity index (χ3v) is 6.95. The van der Waals surface area contributed by atoms with Gasteiger partial charge in [0, 0.05) is 61.1 Å². The predicted molar refractivity (Wildman–Crippen MR) is 145 cm³/mol. The number of nitrogens with zero attached hydrogens (tertiary/aromatic N) is 3. The molecule has 1 saturated heterocycles. The molecule has 2 N–H and O–H groups in total. The minimum atomic E-state index is -0.814. The van der Waals surface area contributed by atoms with Crippen LogP contribution >= 0.6 is 23.2 Å². The largest absolute Gasteiger partial charge is 0.463 e. The lowest BCUT2D eigenvalue weighted by molar-refractivity contribution is -0.139. The van der Waals surface area contributed by atoms with Gasteiger partial charge in [0.1, 0.15) is 0 Å². The van der Waals surface area contributed by atoms with Crippen LogP contribution in [0.5, 0.6) is 0 Å². The fraction of sp³-hybridized carbons (Fsp3) is 0.500. The monoisotopic (exact) mass is 551 g/mol. The lowest BCUT2D eigenvalue weighted by Crippen LogP contribution is -2.58. The molecule has 1 aromatic rings. The highest BCUT2D eigenvalue weighted by atomic mass is 35.5. The number of carbonyl (C=O) groups excluding carboxylic acids is 3. The standard InChI is InChI=1S/C26H35Cl2N5O4/c1-5-10-29-25(35)32-13-12-31(15-17(32)4)16-21-22(24(34)37-7-3)23(30-26(36)33(21)11-6-2)19-9-8-18(27)14-20(19)28/h6,8-9,14,17,23H,2,5,7,10-13,15-16H2,1,3-4H3,(H,29,35)(H,30,36)/t17-,23-/m1/s1. The molecule has 2 atom stereocenters.